The van der Waals surface area contributed by atoms with E-state index in [9.17, 15) is 18.0 Å². The van der Waals surface area contributed by atoms with Gasteiger partial charge in [0.1, 0.15) is 18.0 Å². The minimum Gasteiger partial charge on any atom is -0.457 e. The number of esters is 1. The average molecular weight is 618 g/mol. The zero-order valence-corrected chi connectivity index (χ0v) is 25.7. The van der Waals surface area contributed by atoms with Gasteiger partial charge in [-0.2, -0.15) is 5.10 Å². The van der Waals surface area contributed by atoms with Crippen molar-refractivity contribution in [1.82, 2.24) is 19.5 Å². The predicted octanol–water partition coefficient (Wildman–Crippen LogP) is 3.15. The molecule has 1 aromatic carbocycles. The van der Waals surface area contributed by atoms with E-state index >= 15 is 0 Å². The third-order valence-electron chi connectivity index (χ3n) is 7.66. The standard InChI is InChI=1S/C28H36ClN7O5S/c1-16(2)25(30)28(38)41-19-14-34(15-19)26-17(3)13-36-24(31-26)12-22(32-36)23-7-5-6-10-35(23)27(37)20-11-18(29)8-9-21(20)33-42(4,39)40/h8-9,11-13,16,19,23,25,33H,5-7,10,14-15,30H2,1-4H3/t23-,25?/m0/s1. The number of benzene rings is 1. The number of hydrogen-bond donors (Lipinski definition) is 2. The number of fused-ring (bicyclic) bond motifs is 1. The molecular formula is C28H36ClN7O5S. The van der Waals surface area contributed by atoms with Gasteiger partial charge in [0, 0.05) is 29.4 Å². The first-order valence-corrected chi connectivity index (χ1v) is 16.2. The van der Waals surface area contributed by atoms with Crippen molar-refractivity contribution in [2.75, 3.05) is 35.5 Å². The summed E-state index contributed by atoms with van der Waals surface area (Å²) < 4.78 is 33.6. The number of ether oxygens (including phenoxy) is 1. The summed E-state index contributed by atoms with van der Waals surface area (Å²) in [6, 6.07) is 5.43. The number of amides is 1. The highest BCUT2D eigenvalue weighted by atomic mass is 35.5. The molecule has 0 aliphatic carbocycles. The highest BCUT2D eigenvalue weighted by Crippen LogP contribution is 2.34. The largest absolute Gasteiger partial charge is 0.457 e. The molecule has 4 heterocycles. The van der Waals surface area contributed by atoms with Crippen molar-refractivity contribution in [3.63, 3.8) is 0 Å². The first kappa shape index (κ1) is 30.1. The number of carbonyl (C=O) groups excluding carboxylic acids is 2. The predicted molar refractivity (Wildman–Crippen MR) is 160 cm³/mol. The van der Waals surface area contributed by atoms with Crippen molar-refractivity contribution in [2.45, 2.75) is 58.2 Å². The molecule has 2 aromatic heterocycles. The molecule has 12 nitrogen and oxygen atoms in total. The second-order valence-electron chi connectivity index (χ2n) is 11.4. The number of carbonyl (C=O) groups is 2. The number of aromatic nitrogens is 3. The lowest BCUT2D eigenvalue weighted by Gasteiger charge is -2.40. The molecule has 0 radical (unpaired) electrons. The lowest BCUT2D eigenvalue weighted by atomic mass is 9.98. The summed E-state index contributed by atoms with van der Waals surface area (Å²) in [5.41, 5.74) is 8.52. The van der Waals surface area contributed by atoms with E-state index in [0.29, 0.717) is 42.4 Å². The smallest absolute Gasteiger partial charge is 0.323 e. The maximum atomic E-state index is 13.8. The molecule has 2 aliphatic rings. The number of aryl methyl sites for hydroxylation is 1. The maximum absolute atomic E-state index is 13.8. The third-order valence-corrected chi connectivity index (χ3v) is 8.48. The van der Waals surface area contributed by atoms with Gasteiger partial charge in [0.2, 0.25) is 10.0 Å². The quantitative estimate of drug-likeness (QED) is 0.363. The number of piperidine rings is 1. The first-order chi connectivity index (χ1) is 19.8. The number of rotatable bonds is 8. The van der Waals surface area contributed by atoms with Crippen LogP contribution >= 0.6 is 11.6 Å². The van der Waals surface area contributed by atoms with Crippen LogP contribution in [0.4, 0.5) is 11.5 Å². The molecule has 1 amide bonds. The van der Waals surface area contributed by atoms with Crippen molar-refractivity contribution in [1.29, 1.82) is 0 Å². The van der Waals surface area contributed by atoms with Crippen molar-refractivity contribution in [2.24, 2.45) is 11.7 Å². The zero-order valence-electron chi connectivity index (χ0n) is 24.1. The van der Waals surface area contributed by atoms with Crippen LogP contribution in [0.2, 0.25) is 5.02 Å². The van der Waals surface area contributed by atoms with E-state index in [1.807, 2.05) is 37.9 Å². The first-order valence-electron chi connectivity index (χ1n) is 14.0. The summed E-state index contributed by atoms with van der Waals surface area (Å²) in [4.78, 5) is 34.7. The van der Waals surface area contributed by atoms with Crippen LogP contribution in [0.3, 0.4) is 0 Å². The van der Waals surface area contributed by atoms with Gasteiger partial charge in [0.05, 0.1) is 42.3 Å². The zero-order chi connectivity index (χ0) is 30.3. The molecule has 2 atom stereocenters. The van der Waals surface area contributed by atoms with Crippen molar-refractivity contribution < 1.29 is 22.7 Å². The Bertz CT molecular complexity index is 1620. The van der Waals surface area contributed by atoms with Crippen LogP contribution in [0.15, 0.2) is 30.5 Å². The van der Waals surface area contributed by atoms with Crippen LogP contribution in [-0.2, 0) is 19.6 Å². The molecule has 2 aliphatic heterocycles. The molecule has 0 spiro atoms. The van der Waals surface area contributed by atoms with Gasteiger partial charge in [0.25, 0.3) is 5.91 Å². The second-order valence-corrected chi connectivity index (χ2v) is 13.6. The van der Waals surface area contributed by atoms with Gasteiger partial charge in [-0.05, 0) is 50.3 Å². The van der Waals surface area contributed by atoms with E-state index < -0.39 is 22.0 Å². The third kappa shape index (κ3) is 6.32. The molecule has 2 saturated heterocycles. The number of nitrogens with one attached hydrogen (secondary N) is 1. The minimum absolute atomic E-state index is 0.00291. The fourth-order valence-corrected chi connectivity index (χ4v) is 6.07. The Kier molecular flexibility index (Phi) is 8.37. The Morgan fingerprint density at radius 2 is 1.93 bits per heavy atom. The molecule has 3 N–H and O–H groups in total. The topological polar surface area (TPSA) is 152 Å². The van der Waals surface area contributed by atoms with E-state index in [4.69, 9.17) is 32.2 Å². The van der Waals surface area contributed by atoms with E-state index in [1.165, 1.54) is 18.2 Å². The summed E-state index contributed by atoms with van der Waals surface area (Å²) in [5.74, 6) is 0.0666. The van der Waals surface area contributed by atoms with Gasteiger partial charge in [-0.1, -0.05) is 25.4 Å². The molecule has 3 aromatic rings. The normalized spacial score (nSPS) is 18.7. The van der Waals surface area contributed by atoms with Crippen LogP contribution in [0.25, 0.3) is 5.65 Å². The van der Waals surface area contributed by atoms with Gasteiger partial charge >= 0.3 is 5.97 Å². The molecule has 0 saturated carbocycles. The fraction of sp³-hybridized carbons (Fsp3) is 0.500. The molecular weight excluding hydrogens is 582 g/mol. The van der Waals surface area contributed by atoms with E-state index in [2.05, 4.69) is 4.72 Å². The Balaban J connectivity index is 1.36. The molecule has 5 rings (SSSR count). The van der Waals surface area contributed by atoms with E-state index in [-0.39, 0.29) is 35.2 Å². The van der Waals surface area contributed by atoms with Gasteiger partial charge in [0.15, 0.2) is 5.65 Å². The van der Waals surface area contributed by atoms with Crippen LogP contribution in [0.1, 0.15) is 60.8 Å². The molecule has 2 fully saturated rings. The average Bonchev–Trinajstić information content (AvgIpc) is 3.32. The summed E-state index contributed by atoms with van der Waals surface area (Å²) in [5, 5.41) is 5.11. The number of likely N-dealkylation sites (tertiary alicyclic amines) is 1. The molecule has 0 bridgehead atoms. The van der Waals surface area contributed by atoms with Crippen LogP contribution in [0.5, 0.6) is 0 Å². The Labute approximate surface area is 250 Å². The maximum Gasteiger partial charge on any atom is 0.323 e. The van der Waals surface area contributed by atoms with Crippen molar-refractivity contribution in [3.8, 4) is 0 Å². The van der Waals surface area contributed by atoms with Crippen molar-refractivity contribution >= 4 is 50.7 Å². The summed E-state index contributed by atoms with van der Waals surface area (Å²) in [6.07, 6.45) is 5.13. The second kappa shape index (κ2) is 11.7. The Morgan fingerprint density at radius 3 is 2.62 bits per heavy atom. The fourth-order valence-electron chi connectivity index (χ4n) is 5.32. The number of nitrogens with zero attached hydrogens (tertiary/aromatic N) is 5. The highest BCUT2D eigenvalue weighted by Gasteiger charge is 2.35. The van der Waals surface area contributed by atoms with Crippen LogP contribution < -0.4 is 15.4 Å². The number of sulfonamides is 1. The molecule has 1 unspecified atom stereocenters. The number of nitrogens with two attached hydrogens (primary N) is 1. The van der Waals surface area contributed by atoms with Crippen molar-refractivity contribution in [3.05, 3.63) is 52.3 Å². The molecule has 42 heavy (non-hydrogen) atoms. The molecule has 226 valence electrons. The van der Waals surface area contributed by atoms with E-state index in [0.717, 1.165) is 30.5 Å². The number of anilines is 2. The number of halogens is 1. The van der Waals surface area contributed by atoms with Gasteiger partial charge in [-0.3, -0.25) is 14.3 Å². The van der Waals surface area contributed by atoms with Gasteiger partial charge in [-0.25, -0.2) is 17.9 Å². The lowest BCUT2D eigenvalue weighted by molar-refractivity contribution is -0.152. The monoisotopic (exact) mass is 617 g/mol. The summed E-state index contributed by atoms with van der Waals surface area (Å²) in [6.45, 7) is 7.26. The molecule has 14 heteroatoms. The minimum atomic E-state index is -3.61. The van der Waals surface area contributed by atoms with Crippen LogP contribution in [0, 0.1) is 12.8 Å². The number of hydrogen-bond acceptors (Lipinski definition) is 9. The van der Waals surface area contributed by atoms with Crippen LogP contribution in [-0.4, -0.2) is 77.8 Å². The summed E-state index contributed by atoms with van der Waals surface area (Å²) in [7, 11) is -3.61. The lowest BCUT2D eigenvalue weighted by Crippen LogP contribution is -2.55. The SMILES string of the molecule is Cc1cn2nc([C@@H]3CCCCN3C(=O)c3cc(Cl)ccc3NS(C)(=O)=O)cc2nc1N1CC(OC(=O)C(N)C(C)C)C1. The summed E-state index contributed by atoms with van der Waals surface area (Å²) >= 11 is 6.20. The Hall–Kier alpha value is -3.42. The highest BCUT2D eigenvalue weighted by molar-refractivity contribution is 7.92. The Morgan fingerprint density at radius 1 is 1.19 bits per heavy atom. The van der Waals surface area contributed by atoms with Gasteiger partial charge in [-0.15, -0.1) is 0 Å². The van der Waals surface area contributed by atoms with E-state index in [1.54, 1.807) is 9.42 Å². The van der Waals surface area contributed by atoms with Gasteiger partial charge < -0.3 is 20.3 Å².